The Morgan fingerprint density at radius 3 is 2.56 bits per heavy atom. The molecule has 2 aromatic heterocycles. The first-order valence-electron chi connectivity index (χ1n) is 13.4. The van der Waals surface area contributed by atoms with Crippen molar-refractivity contribution in [1.82, 2.24) is 25.0 Å². The molecule has 1 saturated heterocycles. The van der Waals surface area contributed by atoms with Gasteiger partial charge in [0.1, 0.15) is 0 Å². The van der Waals surface area contributed by atoms with Crippen LogP contribution in [0.2, 0.25) is 0 Å². The van der Waals surface area contributed by atoms with Gasteiger partial charge in [-0.2, -0.15) is 18.3 Å². The van der Waals surface area contributed by atoms with E-state index in [2.05, 4.69) is 25.6 Å². The molecule has 5 rings (SSSR count). The highest BCUT2D eigenvalue weighted by molar-refractivity contribution is 5.92. The molecule has 0 radical (unpaired) electrons. The average molecular weight is 545 g/mol. The zero-order chi connectivity index (χ0) is 27.9. The Kier molecular flexibility index (Phi) is 7.32. The lowest BCUT2D eigenvalue weighted by Crippen LogP contribution is -2.63. The Morgan fingerprint density at radius 2 is 1.92 bits per heavy atom. The minimum Gasteiger partial charge on any atom is -0.385 e. The van der Waals surface area contributed by atoms with E-state index in [1.807, 2.05) is 19.1 Å². The molecule has 3 N–H and O–H groups in total. The average Bonchev–Trinajstić information content (AvgIpc) is 3.19. The molecule has 1 aliphatic carbocycles. The number of nitrogens with one attached hydrogen (secondary N) is 2. The van der Waals surface area contributed by atoms with Crippen molar-refractivity contribution >= 4 is 22.6 Å². The number of hydrogen-bond acceptors (Lipinski definition) is 6. The SMILES string of the molecule is Cc1ccc(C2(O)CCC(N3CC(NC(=O)CNc4nn(C)c5ccc(C(C)C(F)(F)F)cc45)C3)CC2)cn1. The van der Waals surface area contributed by atoms with Crippen LogP contribution in [0.25, 0.3) is 10.9 Å². The van der Waals surface area contributed by atoms with Crippen LogP contribution in [0.3, 0.4) is 0 Å². The van der Waals surface area contributed by atoms with E-state index < -0.39 is 17.7 Å². The summed E-state index contributed by atoms with van der Waals surface area (Å²) in [7, 11) is 1.72. The van der Waals surface area contributed by atoms with Gasteiger partial charge in [-0.1, -0.05) is 12.1 Å². The minimum atomic E-state index is -4.34. The molecule has 1 aromatic carbocycles. The maximum atomic E-state index is 13.2. The van der Waals surface area contributed by atoms with E-state index in [9.17, 15) is 23.1 Å². The molecule has 2 fully saturated rings. The van der Waals surface area contributed by atoms with Crippen LogP contribution in [-0.4, -0.2) is 68.6 Å². The molecule has 1 saturated carbocycles. The Morgan fingerprint density at radius 1 is 1.21 bits per heavy atom. The van der Waals surface area contributed by atoms with Gasteiger partial charge in [0.15, 0.2) is 5.82 Å². The molecule has 210 valence electrons. The van der Waals surface area contributed by atoms with Crippen LogP contribution in [0.4, 0.5) is 19.0 Å². The van der Waals surface area contributed by atoms with Gasteiger partial charge < -0.3 is 15.7 Å². The Bertz CT molecular complexity index is 1330. The van der Waals surface area contributed by atoms with Crippen molar-refractivity contribution in [3.8, 4) is 0 Å². The van der Waals surface area contributed by atoms with Crippen LogP contribution < -0.4 is 10.6 Å². The van der Waals surface area contributed by atoms with Crippen molar-refractivity contribution in [3.63, 3.8) is 0 Å². The smallest absolute Gasteiger partial charge is 0.385 e. The van der Waals surface area contributed by atoms with Crippen LogP contribution in [-0.2, 0) is 17.4 Å². The third-order valence-corrected chi connectivity index (χ3v) is 8.30. The van der Waals surface area contributed by atoms with Gasteiger partial charge in [-0.05, 0) is 63.3 Å². The number of fused-ring (bicyclic) bond motifs is 1. The van der Waals surface area contributed by atoms with Crippen LogP contribution in [0.15, 0.2) is 36.5 Å². The van der Waals surface area contributed by atoms with Gasteiger partial charge in [-0.25, -0.2) is 0 Å². The summed E-state index contributed by atoms with van der Waals surface area (Å²) in [4.78, 5) is 19.3. The number of rotatable bonds is 7. The molecular weight excluding hydrogens is 509 g/mol. The van der Waals surface area contributed by atoms with Crippen LogP contribution in [0, 0.1) is 6.92 Å². The van der Waals surface area contributed by atoms with Gasteiger partial charge in [-0.3, -0.25) is 19.4 Å². The van der Waals surface area contributed by atoms with E-state index in [-0.39, 0.29) is 24.1 Å². The predicted octanol–water partition coefficient (Wildman–Crippen LogP) is 3.99. The van der Waals surface area contributed by atoms with E-state index in [1.54, 1.807) is 24.0 Å². The molecular formula is C28H35F3N6O2. The Hall–Kier alpha value is -3.18. The second kappa shape index (κ2) is 10.4. The monoisotopic (exact) mass is 544 g/mol. The third kappa shape index (κ3) is 5.74. The minimum absolute atomic E-state index is 0.0251. The molecule has 8 nitrogen and oxygen atoms in total. The number of aliphatic hydroxyl groups is 1. The van der Waals surface area contributed by atoms with Gasteiger partial charge >= 0.3 is 6.18 Å². The normalized spacial score (nSPS) is 23.4. The predicted molar refractivity (Wildman–Crippen MR) is 142 cm³/mol. The zero-order valence-electron chi connectivity index (χ0n) is 22.4. The third-order valence-electron chi connectivity index (χ3n) is 8.30. The summed E-state index contributed by atoms with van der Waals surface area (Å²) in [6.45, 7) is 4.55. The van der Waals surface area contributed by atoms with E-state index in [0.717, 1.165) is 44.1 Å². The van der Waals surface area contributed by atoms with Crippen LogP contribution >= 0.6 is 0 Å². The number of alkyl halides is 3. The number of benzene rings is 1. The van der Waals surface area contributed by atoms with Crippen molar-refractivity contribution in [2.24, 2.45) is 7.05 Å². The Balaban J connectivity index is 1.10. The van der Waals surface area contributed by atoms with Crippen LogP contribution in [0.1, 0.15) is 55.3 Å². The number of carbonyl (C=O) groups is 1. The van der Waals surface area contributed by atoms with Crippen molar-refractivity contribution in [2.45, 2.75) is 69.3 Å². The second-order valence-corrected chi connectivity index (χ2v) is 11.0. The van der Waals surface area contributed by atoms with Crippen molar-refractivity contribution in [2.75, 3.05) is 25.0 Å². The maximum Gasteiger partial charge on any atom is 0.395 e. The van der Waals surface area contributed by atoms with Gasteiger partial charge in [0.2, 0.25) is 5.91 Å². The van der Waals surface area contributed by atoms with E-state index in [1.165, 1.54) is 12.1 Å². The first-order valence-corrected chi connectivity index (χ1v) is 13.4. The molecule has 2 aliphatic rings. The number of carbonyl (C=O) groups excluding carboxylic acids is 1. The number of pyridine rings is 1. The summed E-state index contributed by atoms with van der Waals surface area (Å²) in [6.07, 6.45) is 0.567. The van der Waals surface area contributed by atoms with Gasteiger partial charge in [-0.15, -0.1) is 0 Å². The highest BCUT2D eigenvalue weighted by Crippen LogP contribution is 2.39. The number of nitrogens with zero attached hydrogens (tertiary/aromatic N) is 4. The lowest BCUT2D eigenvalue weighted by Gasteiger charge is -2.48. The summed E-state index contributed by atoms with van der Waals surface area (Å²) < 4.78 is 41.2. The molecule has 3 aromatic rings. The number of aryl methyl sites for hydroxylation is 2. The first-order chi connectivity index (χ1) is 18.4. The number of amides is 1. The molecule has 11 heteroatoms. The zero-order valence-corrected chi connectivity index (χ0v) is 22.4. The molecule has 1 aliphatic heterocycles. The number of aromatic nitrogens is 3. The van der Waals surface area contributed by atoms with Crippen LogP contribution in [0.5, 0.6) is 0 Å². The van der Waals surface area contributed by atoms with Crippen molar-refractivity contribution in [3.05, 3.63) is 53.3 Å². The molecule has 3 heterocycles. The highest BCUT2D eigenvalue weighted by atomic mass is 19.4. The molecule has 1 amide bonds. The van der Waals surface area contributed by atoms with Gasteiger partial charge in [0.05, 0.1) is 29.6 Å². The molecule has 39 heavy (non-hydrogen) atoms. The molecule has 0 bridgehead atoms. The molecule has 0 spiro atoms. The van der Waals surface area contributed by atoms with E-state index >= 15 is 0 Å². The molecule has 1 atom stereocenters. The first kappa shape index (κ1) is 27.4. The fraction of sp³-hybridized carbons (Fsp3) is 0.536. The number of likely N-dealkylation sites (tertiary alicyclic amines) is 1. The highest BCUT2D eigenvalue weighted by Gasteiger charge is 2.40. The van der Waals surface area contributed by atoms with Gasteiger partial charge in [0.25, 0.3) is 0 Å². The number of halogens is 3. The summed E-state index contributed by atoms with van der Waals surface area (Å²) in [5, 5.41) is 22.0. The maximum absolute atomic E-state index is 13.2. The van der Waals surface area contributed by atoms with Crippen molar-refractivity contribution in [1.29, 1.82) is 0 Å². The Labute approximate surface area is 225 Å². The fourth-order valence-electron chi connectivity index (χ4n) is 5.69. The molecule has 1 unspecified atom stereocenters. The topological polar surface area (TPSA) is 95.3 Å². The fourth-order valence-corrected chi connectivity index (χ4v) is 5.69. The largest absolute Gasteiger partial charge is 0.395 e. The summed E-state index contributed by atoms with van der Waals surface area (Å²) in [5.74, 6) is -1.41. The van der Waals surface area contributed by atoms with Gasteiger partial charge in [0, 0.05) is 49.0 Å². The summed E-state index contributed by atoms with van der Waals surface area (Å²) >= 11 is 0. The summed E-state index contributed by atoms with van der Waals surface area (Å²) in [6, 6.07) is 8.89. The lowest BCUT2D eigenvalue weighted by molar-refractivity contribution is -0.146. The number of hydrogen-bond donors (Lipinski definition) is 3. The van der Waals surface area contributed by atoms with Crippen molar-refractivity contribution < 1.29 is 23.1 Å². The summed E-state index contributed by atoms with van der Waals surface area (Å²) in [5.41, 5.74) is 1.81. The van der Waals surface area contributed by atoms with E-state index in [0.29, 0.717) is 35.6 Å². The lowest BCUT2D eigenvalue weighted by atomic mass is 9.77. The standard InChI is InChI=1S/C28H35F3N6O2/c1-17-4-6-20(13-32-17)27(39)10-8-22(9-11-27)37-15-21(16-37)34-25(38)14-33-26-23-12-19(18(2)28(29,30)31)5-7-24(23)36(3)35-26/h4-7,12-13,18,21-22,39H,8-11,14-16H2,1-3H3,(H,33,35)(H,34,38). The second-order valence-electron chi connectivity index (χ2n) is 11.0. The van der Waals surface area contributed by atoms with E-state index in [4.69, 9.17) is 0 Å². The number of anilines is 1. The quantitative estimate of drug-likeness (QED) is 0.417.